The highest BCUT2D eigenvalue weighted by atomic mass is 19.4. The summed E-state index contributed by atoms with van der Waals surface area (Å²) in [6, 6.07) is 10.8. The maximum atomic E-state index is 13.5. The van der Waals surface area contributed by atoms with Gasteiger partial charge in [-0.2, -0.15) is 22.7 Å². The zero-order chi connectivity index (χ0) is 21.3. The number of aromatic nitrogens is 4. The number of nitrogens with one attached hydrogen (secondary N) is 1. The van der Waals surface area contributed by atoms with Crippen molar-refractivity contribution in [1.82, 2.24) is 24.9 Å². The van der Waals surface area contributed by atoms with Crippen LogP contribution in [0.25, 0.3) is 17.2 Å². The second kappa shape index (κ2) is 7.50. The van der Waals surface area contributed by atoms with Crippen LogP contribution >= 0.6 is 0 Å². The van der Waals surface area contributed by atoms with Crippen molar-refractivity contribution >= 4 is 11.7 Å². The van der Waals surface area contributed by atoms with Crippen LogP contribution in [0.2, 0.25) is 0 Å². The molecular formula is C19H14F3N5O3. The highest BCUT2D eigenvalue weighted by Crippen LogP contribution is 2.32. The number of ether oxygens (including phenoxy) is 1. The number of fused-ring (bicyclic) bond motifs is 1. The Morgan fingerprint density at radius 3 is 2.73 bits per heavy atom. The third-order valence-corrected chi connectivity index (χ3v) is 4.17. The lowest BCUT2D eigenvalue weighted by molar-refractivity contribution is -0.142. The molecule has 0 unspecified atom stereocenters. The summed E-state index contributed by atoms with van der Waals surface area (Å²) in [4.78, 5) is 20.3. The zero-order valence-corrected chi connectivity index (χ0v) is 15.5. The van der Waals surface area contributed by atoms with E-state index in [1.807, 2.05) is 0 Å². The van der Waals surface area contributed by atoms with E-state index >= 15 is 0 Å². The summed E-state index contributed by atoms with van der Waals surface area (Å²) < 4.78 is 51.3. The van der Waals surface area contributed by atoms with Gasteiger partial charge in [-0.15, -0.1) is 5.10 Å². The standard InChI is InChI=1S/C19H14F3N5O3/c1-29-12-5-2-4-11(8-12)10-23-17(28)16-25-18-24-13(14-6-3-7-30-14)9-15(19(20,21)22)27(18)26-16/h2-9H,10H2,1H3,(H,23,28). The molecule has 3 heterocycles. The van der Waals surface area contributed by atoms with Crippen LogP contribution in [0.3, 0.4) is 0 Å². The van der Waals surface area contributed by atoms with Gasteiger partial charge in [-0.1, -0.05) is 12.1 Å². The molecule has 0 spiro atoms. The SMILES string of the molecule is COc1cccc(CNC(=O)c2nc3nc(-c4ccco4)cc(C(F)(F)F)n3n2)c1. The Morgan fingerprint density at radius 1 is 1.20 bits per heavy atom. The van der Waals surface area contributed by atoms with E-state index in [2.05, 4.69) is 20.4 Å². The first-order valence-electron chi connectivity index (χ1n) is 8.65. The first-order chi connectivity index (χ1) is 14.3. The second-order valence-corrected chi connectivity index (χ2v) is 6.18. The number of methoxy groups -OCH3 is 1. The molecule has 1 N–H and O–H groups in total. The molecule has 3 aromatic heterocycles. The van der Waals surface area contributed by atoms with Crippen LogP contribution in [-0.2, 0) is 12.7 Å². The number of carbonyl (C=O) groups excluding carboxylic acids is 1. The number of hydrogen-bond donors (Lipinski definition) is 1. The van der Waals surface area contributed by atoms with E-state index in [0.29, 0.717) is 10.3 Å². The predicted molar refractivity (Wildman–Crippen MR) is 97.7 cm³/mol. The molecule has 11 heteroatoms. The third kappa shape index (κ3) is 3.81. The Balaban J connectivity index is 1.65. The van der Waals surface area contributed by atoms with Crippen molar-refractivity contribution in [2.75, 3.05) is 7.11 Å². The van der Waals surface area contributed by atoms with Crippen LogP contribution in [0, 0.1) is 0 Å². The third-order valence-electron chi connectivity index (χ3n) is 4.17. The van der Waals surface area contributed by atoms with Gasteiger partial charge in [0.05, 0.1) is 13.4 Å². The smallest absolute Gasteiger partial charge is 0.433 e. The number of carbonyl (C=O) groups is 1. The van der Waals surface area contributed by atoms with Crippen LogP contribution in [0.1, 0.15) is 21.9 Å². The molecule has 0 radical (unpaired) electrons. The Bertz CT molecular complexity index is 1200. The minimum atomic E-state index is -4.75. The van der Waals surface area contributed by atoms with Crippen LogP contribution in [0.15, 0.2) is 53.1 Å². The van der Waals surface area contributed by atoms with Gasteiger partial charge in [0.25, 0.3) is 11.7 Å². The zero-order valence-electron chi connectivity index (χ0n) is 15.5. The second-order valence-electron chi connectivity index (χ2n) is 6.18. The Labute approximate surface area is 167 Å². The molecule has 4 rings (SSSR count). The maximum Gasteiger partial charge on any atom is 0.433 e. The number of alkyl halides is 3. The van der Waals surface area contributed by atoms with Crippen molar-refractivity contribution < 1.29 is 27.1 Å². The Kier molecular flexibility index (Phi) is 4.86. The van der Waals surface area contributed by atoms with Gasteiger partial charge in [-0.05, 0) is 35.9 Å². The number of halogens is 3. The fraction of sp³-hybridized carbons (Fsp3) is 0.158. The lowest BCUT2D eigenvalue weighted by Crippen LogP contribution is -2.24. The fourth-order valence-electron chi connectivity index (χ4n) is 2.76. The van der Waals surface area contributed by atoms with Gasteiger partial charge >= 0.3 is 6.18 Å². The van der Waals surface area contributed by atoms with Crippen molar-refractivity contribution in [3.05, 3.63) is 65.8 Å². The van der Waals surface area contributed by atoms with E-state index in [-0.39, 0.29) is 23.8 Å². The molecule has 154 valence electrons. The minimum Gasteiger partial charge on any atom is -0.497 e. The summed E-state index contributed by atoms with van der Waals surface area (Å²) >= 11 is 0. The van der Waals surface area contributed by atoms with Crippen LogP contribution in [0.5, 0.6) is 5.75 Å². The lowest BCUT2D eigenvalue weighted by Gasteiger charge is -2.09. The summed E-state index contributed by atoms with van der Waals surface area (Å²) in [6.07, 6.45) is -3.43. The molecule has 0 fully saturated rings. The summed E-state index contributed by atoms with van der Waals surface area (Å²) in [5, 5.41) is 6.27. The molecule has 0 atom stereocenters. The normalized spacial score (nSPS) is 11.6. The Morgan fingerprint density at radius 2 is 2.03 bits per heavy atom. The molecular weight excluding hydrogens is 403 g/mol. The quantitative estimate of drug-likeness (QED) is 0.535. The van der Waals surface area contributed by atoms with Crippen LogP contribution < -0.4 is 10.1 Å². The number of rotatable bonds is 5. The summed E-state index contributed by atoms with van der Waals surface area (Å²) in [5.41, 5.74) is -0.463. The molecule has 1 aromatic carbocycles. The molecule has 4 aromatic rings. The minimum absolute atomic E-state index is 0.0736. The van der Waals surface area contributed by atoms with Gasteiger partial charge in [0.15, 0.2) is 11.5 Å². The lowest BCUT2D eigenvalue weighted by atomic mass is 10.2. The molecule has 1 amide bonds. The van der Waals surface area contributed by atoms with Gasteiger partial charge in [-0.25, -0.2) is 4.98 Å². The predicted octanol–water partition coefficient (Wildman–Crippen LogP) is 3.34. The molecule has 0 aliphatic heterocycles. The summed E-state index contributed by atoms with van der Waals surface area (Å²) in [5.74, 6) is -0.807. The van der Waals surface area contributed by atoms with Crippen molar-refractivity contribution in [3.63, 3.8) is 0 Å². The van der Waals surface area contributed by atoms with E-state index in [1.165, 1.54) is 25.5 Å². The van der Waals surface area contributed by atoms with Gasteiger partial charge in [0.2, 0.25) is 5.82 Å². The van der Waals surface area contributed by atoms with Gasteiger partial charge in [0.1, 0.15) is 11.4 Å². The summed E-state index contributed by atoms with van der Waals surface area (Å²) in [6.45, 7) is 0.114. The monoisotopic (exact) mass is 417 g/mol. The van der Waals surface area contributed by atoms with E-state index in [0.717, 1.165) is 11.6 Å². The highest BCUT2D eigenvalue weighted by Gasteiger charge is 2.36. The van der Waals surface area contributed by atoms with E-state index in [4.69, 9.17) is 9.15 Å². The van der Waals surface area contributed by atoms with Crippen molar-refractivity contribution in [2.45, 2.75) is 12.7 Å². The highest BCUT2D eigenvalue weighted by molar-refractivity contribution is 5.90. The number of benzene rings is 1. The molecule has 0 saturated carbocycles. The van der Waals surface area contributed by atoms with Crippen LogP contribution in [-0.4, -0.2) is 32.6 Å². The van der Waals surface area contributed by atoms with E-state index in [9.17, 15) is 18.0 Å². The average Bonchev–Trinajstić information content (AvgIpc) is 3.40. The number of furan rings is 1. The van der Waals surface area contributed by atoms with E-state index in [1.54, 1.807) is 24.3 Å². The average molecular weight is 417 g/mol. The number of nitrogens with zero attached hydrogens (tertiary/aromatic N) is 4. The molecule has 0 saturated heterocycles. The largest absolute Gasteiger partial charge is 0.497 e. The fourth-order valence-corrected chi connectivity index (χ4v) is 2.76. The van der Waals surface area contributed by atoms with Gasteiger partial charge in [-0.3, -0.25) is 4.79 Å². The first kappa shape index (κ1) is 19.4. The van der Waals surface area contributed by atoms with E-state index < -0.39 is 23.6 Å². The molecule has 0 aliphatic rings. The number of amides is 1. The van der Waals surface area contributed by atoms with Crippen molar-refractivity contribution in [2.24, 2.45) is 0 Å². The maximum absolute atomic E-state index is 13.5. The van der Waals surface area contributed by atoms with Crippen molar-refractivity contribution in [3.8, 4) is 17.2 Å². The first-order valence-corrected chi connectivity index (χ1v) is 8.65. The molecule has 0 bridgehead atoms. The number of hydrogen-bond acceptors (Lipinski definition) is 6. The molecule has 0 aliphatic carbocycles. The van der Waals surface area contributed by atoms with Gasteiger partial charge < -0.3 is 14.5 Å². The topological polar surface area (TPSA) is 94.5 Å². The van der Waals surface area contributed by atoms with Gasteiger partial charge in [0, 0.05) is 6.54 Å². The van der Waals surface area contributed by atoms with Crippen molar-refractivity contribution in [1.29, 1.82) is 0 Å². The molecule has 8 nitrogen and oxygen atoms in total. The van der Waals surface area contributed by atoms with Crippen LogP contribution in [0.4, 0.5) is 13.2 Å². The molecule has 30 heavy (non-hydrogen) atoms. The Hall–Kier alpha value is -3.89. The summed E-state index contributed by atoms with van der Waals surface area (Å²) in [7, 11) is 1.51.